The molecule has 0 saturated carbocycles. The topological polar surface area (TPSA) is 58.4 Å². The molecule has 18 heavy (non-hydrogen) atoms. The minimum atomic E-state index is 0.346. The van der Waals surface area contributed by atoms with Gasteiger partial charge in [0, 0.05) is 25.6 Å². The van der Waals surface area contributed by atoms with Gasteiger partial charge in [0.15, 0.2) is 0 Å². The van der Waals surface area contributed by atoms with Crippen LogP contribution in [0.5, 0.6) is 0 Å². The maximum absolute atomic E-state index is 12.2. The second kappa shape index (κ2) is 9.34. The van der Waals surface area contributed by atoms with Gasteiger partial charge in [0.25, 0.3) is 0 Å². The van der Waals surface area contributed by atoms with E-state index < -0.39 is 0 Å². The van der Waals surface area contributed by atoms with Crippen molar-refractivity contribution in [1.82, 2.24) is 10.2 Å². The highest BCUT2D eigenvalue weighted by molar-refractivity contribution is 5.76. The van der Waals surface area contributed by atoms with Crippen LogP contribution in [0.3, 0.4) is 0 Å². The van der Waals surface area contributed by atoms with Gasteiger partial charge in [0.05, 0.1) is 0 Å². The first kappa shape index (κ1) is 15.4. The number of hydrogen-bond acceptors (Lipinski definition) is 3. The van der Waals surface area contributed by atoms with Gasteiger partial charge >= 0.3 is 0 Å². The molecule has 4 heteroatoms. The van der Waals surface area contributed by atoms with Crippen LogP contribution in [-0.4, -0.2) is 43.0 Å². The molecule has 1 amide bonds. The first-order chi connectivity index (χ1) is 8.79. The summed E-state index contributed by atoms with van der Waals surface area (Å²) in [5.41, 5.74) is 5.46. The monoisotopic (exact) mass is 255 g/mol. The number of amides is 1. The lowest BCUT2D eigenvalue weighted by molar-refractivity contribution is -0.133. The van der Waals surface area contributed by atoms with Gasteiger partial charge in [-0.25, -0.2) is 0 Å². The van der Waals surface area contributed by atoms with E-state index in [4.69, 9.17) is 5.73 Å². The van der Waals surface area contributed by atoms with Gasteiger partial charge in [0.1, 0.15) is 0 Å². The summed E-state index contributed by atoms with van der Waals surface area (Å²) >= 11 is 0. The maximum Gasteiger partial charge on any atom is 0.222 e. The van der Waals surface area contributed by atoms with Crippen LogP contribution < -0.4 is 11.1 Å². The Morgan fingerprint density at radius 2 is 2.11 bits per heavy atom. The second-order valence-corrected chi connectivity index (χ2v) is 5.19. The highest BCUT2D eigenvalue weighted by Crippen LogP contribution is 2.13. The minimum absolute atomic E-state index is 0.346. The number of unbranched alkanes of at least 4 members (excludes halogenated alkanes) is 3. The van der Waals surface area contributed by atoms with Crippen LogP contribution in [0.15, 0.2) is 0 Å². The van der Waals surface area contributed by atoms with Crippen LogP contribution in [0.25, 0.3) is 0 Å². The zero-order valence-corrected chi connectivity index (χ0v) is 11.8. The molecule has 0 radical (unpaired) electrons. The molecule has 1 aliphatic rings. The number of nitrogens with two attached hydrogens (primary N) is 1. The minimum Gasteiger partial charge on any atom is -0.338 e. The van der Waals surface area contributed by atoms with Crippen molar-refractivity contribution in [2.75, 3.05) is 26.2 Å². The molecular weight excluding hydrogens is 226 g/mol. The number of carbonyl (C=O) groups excluding carboxylic acids is 1. The predicted octanol–water partition coefficient (Wildman–Crippen LogP) is 1.50. The average molecular weight is 255 g/mol. The Hall–Kier alpha value is -0.610. The van der Waals surface area contributed by atoms with Crippen molar-refractivity contribution in [2.45, 2.75) is 57.9 Å². The lowest BCUT2D eigenvalue weighted by Gasteiger charge is -2.28. The summed E-state index contributed by atoms with van der Waals surface area (Å²) in [7, 11) is 0. The summed E-state index contributed by atoms with van der Waals surface area (Å²) in [6, 6.07) is 0.432. The summed E-state index contributed by atoms with van der Waals surface area (Å²) in [5, 5.41) is 3.34. The molecule has 0 aromatic rings. The Labute approximate surface area is 111 Å². The quantitative estimate of drug-likeness (QED) is 0.614. The summed E-state index contributed by atoms with van der Waals surface area (Å²) in [6.45, 7) is 5.84. The predicted molar refractivity (Wildman–Crippen MR) is 75.4 cm³/mol. The Morgan fingerprint density at radius 3 is 2.72 bits per heavy atom. The molecule has 1 heterocycles. The van der Waals surface area contributed by atoms with E-state index in [0.29, 0.717) is 18.4 Å². The molecular formula is C14H29N3O. The fraction of sp³-hybridized carbons (Fsp3) is 0.929. The molecule has 4 nitrogen and oxygen atoms in total. The zero-order valence-electron chi connectivity index (χ0n) is 11.8. The number of carbonyl (C=O) groups is 1. The van der Waals surface area contributed by atoms with Crippen molar-refractivity contribution < 1.29 is 4.79 Å². The van der Waals surface area contributed by atoms with E-state index >= 15 is 0 Å². The molecule has 0 aromatic heterocycles. The summed E-state index contributed by atoms with van der Waals surface area (Å²) in [5.74, 6) is 0.346. The first-order valence-electron chi connectivity index (χ1n) is 7.49. The lowest BCUT2D eigenvalue weighted by Crippen LogP contribution is -2.41. The molecule has 1 rings (SSSR count). The van der Waals surface area contributed by atoms with Gasteiger partial charge < -0.3 is 16.0 Å². The SMILES string of the molecule is CCCN(C(=O)CCCCCCN)C1CCNC1. The van der Waals surface area contributed by atoms with Crippen molar-refractivity contribution in [2.24, 2.45) is 5.73 Å². The molecule has 0 spiro atoms. The molecule has 1 unspecified atom stereocenters. The van der Waals surface area contributed by atoms with Crippen LogP contribution in [0.4, 0.5) is 0 Å². The molecule has 0 aromatic carbocycles. The third kappa shape index (κ3) is 5.36. The molecule has 1 atom stereocenters. The van der Waals surface area contributed by atoms with E-state index in [1.165, 1.54) is 0 Å². The Morgan fingerprint density at radius 1 is 1.33 bits per heavy atom. The number of rotatable bonds is 9. The van der Waals surface area contributed by atoms with E-state index in [1.54, 1.807) is 0 Å². The van der Waals surface area contributed by atoms with Gasteiger partial charge in [-0.05, 0) is 38.8 Å². The molecule has 0 aliphatic carbocycles. The summed E-state index contributed by atoms with van der Waals surface area (Å²) in [4.78, 5) is 14.3. The number of nitrogens with zero attached hydrogens (tertiary/aromatic N) is 1. The van der Waals surface area contributed by atoms with Gasteiger partial charge in [-0.15, -0.1) is 0 Å². The van der Waals surface area contributed by atoms with Crippen LogP contribution in [-0.2, 0) is 4.79 Å². The fourth-order valence-corrected chi connectivity index (χ4v) is 2.57. The summed E-state index contributed by atoms with van der Waals surface area (Å²) < 4.78 is 0. The summed E-state index contributed by atoms with van der Waals surface area (Å²) in [6.07, 6.45) is 7.25. The van der Waals surface area contributed by atoms with Gasteiger partial charge in [-0.3, -0.25) is 4.79 Å². The molecule has 1 saturated heterocycles. The number of hydrogen-bond donors (Lipinski definition) is 2. The second-order valence-electron chi connectivity index (χ2n) is 5.19. The highest BCUT2D eigenvalue weighted by atomic mass is 16.2. The largest absolute Gasteiger partial charge is 0.338 e. The lowest BCUT2D eigenvalue weighted by atomic mass is 10.1. The number of nitrogens with one attached hydrogen (secondary N) is 1. The Balaban J connectivity index is 2.25. The molecule has 1 aliphatic heterocycles. The van der Waals surface area contributed by atoms with Crippen LogP contribution >= 0.6 is 0 Å². The average Bonchev–Trinajstić information content (AvgIpc) is 2.89. The Bertz CT molecular complexity index is 227. The van der Waals surface area contributed by atoms with Crippen molar-refractivity contribution >= 4 is 5.91 Å². The van der Waals surface area contributed by atoms with Crippen molar-refractivity contribution in [3.8, 4) is 0 Å². The van der Waals surface area contributed by atoms with E-state index in [1.807, 2.05) is 0 Å². The molecule has 1 fully saturated rings. The van der Waals surface area contributed by atoms with E-state index in [0.717, 1.165) is 64.7 Å². The van der Waals surface area contributed by atoms with Crippen LogP contribution in [0.1, 0.15) is 51.9 Å². The normalized spacial score (nSPS) is 19.1. The maximum atomic E-state index is 12.2. The Kier molecular flexibility index (Phi) is 8.01. The zero-order chi connectivity index (χ0) is 13.2. The van der Waals surface area contributed by atoms with Gasteiger partial charge in [0.2, 0.25) is 5.91 Å². The smallest absolute Gasteiger partial charge is 0.222 e. The fourth-order valence-electron chi connectivity index (χ4n) is 2.57. The molecule has 3 N–H and O–H groups in total. The van der Waals surface area contributed by atoms with Gasteiger partial charge in [-0.2, -0.15) is 0 Å². The van der Waals surface area contributed by atoms with Crippen molar-refractivity contribution in [3.05, 3.63) is 0 Å². The highest BCUT2D eigenvalue weighted by Gasteiger charge is 2.25. The first-order valence-corrected chi connectivity index (χ1v) is 7.49. The third-order valence-electron chi connectivity index (χ3n) is 3.60. The standard InChI is InChI=1S/C14H29N3O/c1-2-11-17(13-8-10-16-12-13)14(18)7-5-3-4-6-9-15/h13,16H,2-12,15H2,1H3. The molecule has 106 valence electrons. The van der Waals surface area contributed by atoms with Gasteiger partial charge in [-0.1, -0.05) is 19.8 Å². The van der Waals surface area contributed by atoms with E-state index in [-0.39, 0.29) is 0 Å². The van der Waals surface area contributed by atoms with Crippen LogP contribution in [0, 0.1) is 0 Å². The van der Waals surface area contributed by atoms with E-state index in [2.05, 4.69) is 17.1 Å². The third-order valence-corrected chi connectivity index (χ3v) is 3.60. The van der Waals surface area contributed by atoms with Crippen LogP contribution in [0.2, 0.25) is 0 Å². The van der Waals surface area contributed by atoms with Crippen molar-refractivity contribution in [1.29, 1.82) is 0 Å². The molecule has 0 bridgehead atoms. The van der Waals surface area contributed by atoms with E-state index in [9.17, 15) is 4.79 Å². The van der Waals surface area contributed by atoms with Crippen molar-refractivity contribution in [3.63, 3.8) is 0 Å².